The number of ether oxygens (including phenoxy) is 1. The van der Waals surface area contributed by atoms with E-state index in [9.17, 15) is 4.79 Å². The van der Waals surface area contributed by atoms with Gasteiger partial charge in [0, 0.05) is 13.1 Å². The third-order valence-electron chi connectivity index (χ3n) is 4.15. The van der Waals surface area contributed by atoms with Crippen molar-refractivity contribution in [3.8, 4) is 0 Å². The van der Waals surface area contributed by atoms with Gasteiger partial charge in [0.25, 0.3) is 0 Å². The minimum Gasteiger partial charge on any atom is -0.443 e. The standard InChI is InChI=1S/C16H29N3O2/c1-6-17-13-7-8-14-12(11-13)9-10-19(18(14)5)15(20)21-16(2,3)4/h9,13-14,17H,6-8,10-11H2,1-5H3. The number of carbonyl (C=O) groups excluding carboxylic acids is 1. The molecule has 2 atom stereocenters. The summed E-state index contributed by atoms with van der Waals surface area (Å²) in [6.45, 7) is 9.48. The van der Waals surface area contributed by atoms with Crippen LogP contribution in [0.5, 0.6) is 0 Å². The maximum Gasteiger partial charge on any atom is 0.425 e. The molecule has 1 N–H and O–H groups in total. The van der Waals surface area contributed by atoms with E-state index in [0.29, 0.717) is 18.6 Å². The summed E-state index contributed by atoms with van der Waals surface area (Å²) in [6, 6.07) is 0.917. The normalized spacial score (nSPS) is 27.1. The van der Waals surface area contributed by atoms with Gasteiger partial charge < -0.3 is 10.1 Å². The van der Waals surface area contributed by atoms with Crippen LogP contribution >= 0.6 is 0 Å². The number of hydrogen-bond acceptors (Lipinski definition) is 4. The molecule has 5 nitrogen and oxygen atoms in total. The van der Waals surface area contributed by atoms with Gasteiger partial charge in [0.05, 0.1) is 12.6 Å². The molecule has 1 saturated carbocycles. The zero-order valence-corrected chi connectivity index (χ0v) is 14.0. The van der Waals surface area contributed by atoms with Gasteiger partial charge in [-0.15, -0.1) is 0 Å². The lowest BCUT2D eigenvalue weighted by Gasteiger charge is -2.45. The highest BCUT2D eigenvalue weighted by Gasteiger charge is 2.36. The van der Waals surface area contributed by atoms with Crippen LogP contribution in [0.15, 0.2) is 11.6 Å². The number of carbonyl (C=O) groups is 1. The number of nitrogens with zero attached hydrogens (tertiary/aromatic N) is 2. The Morgan fingerprint density at radius 2 is 2.14 bits per heavy atom. The van der Waals surface area contributed by atoms with E-state index in [1.54, 1.807) is 5.01 Å². The van der Waals surface area contributed by atoms with Gasteiger partial charge in [-0.05, 0) is 46.6 Å². The molecule has 2 rings (SSSR count). The van der Waals surface area contributed by atoms with Crippen molar-refractivity contribution in [2.45, 2.75) is 64.6 Å². The summed E-state index contributed by atoms with van der Waals surface area (Å²) in [5.74, 6) is 0. The number of hydrazine groups is 1. The number of likely N-dealkylation sites (N-methyl/N-ethyl adjacent to an activating group) is 1. The molecule has 1 aliphatic carbocycles. The highest BCUT2D eigenvalue weighted by atomic mass is 16.6. The van der Waals surface area contributed by atoms with Crippen LogP contribution in [0.1, 0.15) is 47.0 Å². The Morgan fingerprint density at radius 3 is 2.76 bits per heavy atom. The fraction of sp³-hybridized carbons (Fsp3) is 0.812. The average molecular weight is 295 g/mol. The van der Waals surface area contributed by atoms with Crippen molar-refractivity contribution >= 4 is 6.09 Å². The van der Waals surface area contributed by atoms with Crippen molar-refractivity contribution in [1.29, 1.82) is 0 Å². The second kappa shape index (κ2) is 6.36. The van der Waals surface area contributed by atoms with E-state index in [0.717, 1.165) is 25.8 Å². The Hall–Kier alpha value is -1.07. The molecule has 0 saturated heterocycles. The monoisotopic (exact) mass is 295 g/mol. The summed E-state index contributed by atoms with van der Waals surface area (Å²) < 4.78 is 5.49. The molecule has 1 amide bonds. The van der Waals surface area contributed by atoms with Gasteiger partial charge in [0.15, 0.2) is 0 Å². The zero-order valence-electron chi connectivity index (χ0n) is 14.0. The second-order valence-electron chi connectivity index (χ2n) is 6.97. The van der Waals surface area contributed by atoms with Crippen LogP contribution in [0.2, 0.25) is 0 Å². The number of amides is 1. The Balaban J connectivity index is 2.03. The summed E-state index contributed by atoms with van der Waals surface area (Å²) >= 11 is 0. The molecule has 0 radical (unpaired) electrons. The molecule has 0 spiro atoms. The van der Waals surface area contributed by atoms with Gasteiger partial charge in [0.1, 0.15) is 5.60 Å². The summed E-state index contributed by atoms with van der Waals surface area (Å²) in [4.78, 5) is 12.3. The SMILES string of the molecule is CCNC1CCC2C(=CCN(C(=O)OC(C)(C)C)N2C)C1. The minimum atomic E-state index is -0.454. The van der Waals surface area contributed by atoms with E-state index in [-0.39, 0.29) is 6.09 Å². The lowest BCUT2D eigenvalue weighted by molar-refractivity contribution is -0.0560. The molecule has 1 heterocycles. The van der Waals surface area contributed by atoms with Gasteiger partial charge in [0.2, 0.25) is 0 Å². The number of fused-ring (bicyclic) bond motifs is 1. The van der Waals surface area contributed by atoms with Crippen LogP contribution in [0.3, 0.4) is 0 Å². The highest BCUT2D eigenvalue weighted by Crippen LogP contribution is 2.31. The summed E-state index contributed by atoms with van der Waals surface area (Å²) in [7, 11) is 2.00. The Bertz CT molecular complexity index is 414. The number of rotatable bonds is 2. The molecule has 21 heavy (non-hydrogen) atoms. The summed E-state index contributed by atoms with van der Waals surface area (Å²) in [6.07, 6.45) is 5.28. The molecule has 0 aromatic carbocycles. The highest BCUT2D eigenvalue weighted by molar-refractivity contribution is 5.68. The van der Waals surface area contributed by atoms with Crippen LogP contribution in [0, 0.1) is 0 Å². The summed E-state index contributed by atoms with van der Waals surface area (Å²) in [5, 5.41) is 7.31. The van der Waals surface area contributed by atoms with E-state index in [1.807, 2.05) is 27.8 Å². The Labute approximate surface area is 128 Å². The molecule has 5 heteroatoms. The van der Waals surface area contributed by atoms with Gasteiger partial charge >= 0.3 is 6.09 Å². The fourth-order valence-electron chi connectivity index (χ4n) is 3.19. The lowest BCUT2D eigenvalue weighted by atomic mass is 9.85. The van der Waals surface area contributed by atoms with E-state index < -0.39 is 5.60 Å². The van der Waals surface area contributed by atoms with Crippen LogP contribution in [-0.2, 0) is 4.74 Å². The second-order valence-corrected chi connectivity index (χ2v) is 6.97. The van der Waals surface area contributed by atoms with Crippen LogP contribution in [-0.4, -0.2) is 53.9 Å². The quantitative estimate of drug-likeness (QED) is 0.795. The molecular weight excluding hydrogens is 266 g/mol. The first-order chi connectivity index (χ1) is 9.81. The molecule has 2 unspecified atom stereocenters. The number of nitrogens with one attached hydrogen (secondary N) is 1. The van der Waals surface area contributed by atoms with E-state index in [2.05, 4.69) is 23.3 Å². The van der Waals surface area contributed by atoms with Gasteiger partial charge in [-0.1, -0.05) is 18.6 Å². The first-order valence-electron chi connectivity index (χ1n) is 7.97. The van der Waals surface area contributed by atoms with Gasteiger partial charge in [-0.3, -0.25) is 0 Å². The van der Waals surface area contributed by atoms with Crippen molar-refractivity contribution < 1.29 is 9.53 Å². The molecular formula is C16H29N3O2. The van der Waals surface area contributed by atoms with Crippen molar-refractivity contribution in [2.75, 3.05) is 20.1 Å². The van der Waals surface area contributed by atoms with Crippen molar-refractivity contribution in [3.05, 3.63) is 11.6 Å². The first kappa shape index (κ1) is 16.3. The first-order valence-corrected chi connectivity index (χ1v) is 7.97. The number of hydrogen-bond donors (Lipinski definition) is 1. The smallest absolute Gasteiger partial charge is 0.425 e. The van der Waals surface area contributed by atoms with Gasteiger partial charge in [-0.2, -0.15) is 0 Å². The average Bonchev–Trinajstić information content (AvgIpc) is 2.37. The third-order valence-corrected chi connectivity index (χ3v) is 4.15. The van der Waals surface area contributed by atoms with Gasteiger partial charge in [-0.25, -0.2) is 14.8 Å². The predicted molar refractivity (Wildman–Crippen MR) is 83.9 cm³/mol. The molecule has 0 aromatic heterocycles. The zero-order chi connectivity index (χ0) is 15.6. The molecule has 0 aromatic rings. The fourth-order valence-corrected chi connectivity index (χ4v) is 3.19. The Morgan fingerprint density at radius 1 is 1.43 bits per heavy atom. The van der Waals surface area contributed by atoms with Crippen LogP contribution < -0.4 is 5.32 Å². The van der Waals surface area contributed by atoms with Crippen molar-refractivity contribution in [2.24, 2.45) is 0 Å². The maximum atomic E-state index is 12.3. The van der Waals surface area contributed by atoms with Crippen LogP contribution in [0.25, 0.3) is 0 Å². The molecule has 120 valence electrons. The van der Waals surface area contributed by atoms with Crippen LogP contribution in [0.4, 0.5) is 4.79 Å². The van der Waals surface area contributed by atoms with E-state index in [4.69, 9.17) is 4.74 Å². The summed E-state index contributed by atoms with van der Waals surface area (Å²) in [5.41, 5.74) is 0.999. The largest absolute Gasteiger partial charge is 0.443 e. The minimum absolute atomic E-state index is 0.255. The van der Waals surface area contributed by atoms with E-state index >= 15 is 0 Å². The van der Waals surface area contributed by atoms with Crippen molar-refractivity contribution in [3.63, 3.8) is 0 Å². The van der Waals surface area contributed by atoms with E-state index in [1.165, 1.54) is 5.57 Å². The Kier molecular flexibility index (Phi) is 4.94. The lowest BCUT2D eigenvalue weighted by Crippen LogP contribution is -2.56. The maximum absolute atomic E-state index is 12.3. The predicted octanol–water partition coefficient (Wildman–Crippen LogP) is 2.54. The molecule has 2 aliphatic rings. The topological polar surface area (TPSA) is 44.8 Å². The molecule has 1 aliphatic heterocycles. The molecule has 1 fully saturated rings. The van der Waals surface area contributed by atoms with Crippen molar-refractivity contribution in [1.82, 2.24) is 15.3 Å². The third kappa shape index (κ3) is 3.98. The molecule has 0 bridgehead atoms.